The molecule has 0 radical (unpaired) electrons. The van der Waals surface area contributed by atoms with Crippen LogP contribution in [0.2, 0.25) is 0 Å². The number of nitrogens with zero attached hydrogens (tertiary/aromatic N) is 1. The van der Waals surface area contributed by atoms with E-state index in [0.717, 1.165) is 19.3 Å². The predicted octanol–water partition coefficient (Wildman–Crippen LogP) is 2.45. The molecule has 0 aliphatic heterocycles. The quantitative estimate of drug-likeness (QED) is 0.783. The van der Waals surface area contributed by atoms with Crippen LogP contribution in [0.25, 0.3) is 0 Å². The largest absolute Gasteiger partial charge is 0.444 e. The molecule has 0 aromatic carbocycles. The molecule has 4 nitrogen and oxygen atoms in total. The first-order valence-electron chi connectivity index (χ1n) is 5.79. The van der Waals surface area contributed by atoms with E-state index in [2.05, 4.69) is 11.4 Å². The predicted molar refractivity (Wildman–Crippen MR) is 60.7 cm³/mol. The monoisotopic (exact) mass is 224 g/mol. The molecule has 2 atom stereocenters. The third kappa shape index (κ3) is 4.09. The molecule has 0 saturated heterocycles. The first-order valence-corrected chi connectivity index (χ1v) is 5.79. The molecule has 1 N–H and O–H groups in total. The van der Waals surface area contributed by atoms with Crippen LogP contribution in [0.15, 0.2) is 0 Å². The van der Waals surface area contributed by atoms with E-state index in [4.69, 9.17) is 10.00 Å². The smallest absolute Gasteiger partial charge is 0.407 e. The van der Waals surface area contributed by atoms with E-state index in [1.165, 1.54) is 0 Å². The van der Waals surface area contributed by atoms with Crippen molar-refractivity contribution in [3.8, 4) is 6.07 Å². The van der Waals surface area contributed by atoms with Gasteiger partial charge in [0, 0.05) is 6.54 Å². The number of hydrogen-bond acceptors (Lipinski definition) is 3. The van der Waals surface area contributed by atoms with Crippen LogP contribution in [0.5, 0.6) is 0 Å². The number of hydrogen-bond donors (Lipinski definition) is 1. The van der Waals surface area contributed by atoms with E-state index in [9.17, 15) is 4.79 Å². The van der Waals surface area contributed by atoms with Crippen molar-refractivity contribution >= 4 is 6.09 Å². The van der Waals surface area contributed by atoms with Crippen LogP contribution in [-0.2, 0) is 4.74 Å². The molecular formula is C12H20N2O2. The van der Waals surface area contributed by atoms with Gasteiger partial charge in [0.2, 0.25) is 0 Å². The van der Waals surface area contributed by atoms with Crippen molar-refractivity contribution in [2.45, 2.75) is 45.6 Å². The van der Waals surface area contributed by atoms with Crippen LogP contribution < -0.4 is 5.32 Å². The zero-order valence-corrected chi connectivity index (χ0v) is 10.2. The summed E-state index contributed by atoms with van der Waals surface area (Å²) in [4.78, 5) is 11.4. The molecule has 1 amide bonds. The van der Waals surface area contributed by atoms with Gasteiger partial charge in [0.15, 0.2) is 0 Å². The van der Waals surface area contributed by atoms with Crippen molar-refractivity contribution in [2.24, 2.45) is 11.8 Å². The van der Waals surface area contributed by atoms with Crippen LogP contribution in [0.3, 0.4) is 0 Å². The zero-order valence-electron chi connectivity index (χ0n) is 10.2. The molecular weight excluding hydrogens is 204 g/mol. The first kappa shape index (κ1) is 12.8. The summed E-state index contributed by atoms with van der Waals surface area (Å²) >= 11 is 0. The molecule has 1 aliphatic carbocycles. The second-order valence-electron chi connectivity index (χ2n) is 5.31. The summed E-state index contributed by atoms with van der Waals surface area (Å²) in [5, 5.41) is 11.6. The molecule has 0 aromatic heterocycles. The third-order valence-electron chi connectivity index (χ3n) is 2.73. The van der Waals surface area contributed by atoms with Crippen LogP contribution in [-0.4, -0.2) is 18.2 Å². The molecule has 16 heavy (non-hydrogen) atoms. The number of carbonyl (C=O) groups is 1. The van der Waals surface area contributed by atoms with Crippen LogP contribution in [0.4, 0.5) is 4.79 Å². The molecule has 1 rings (SSSR count). The summed E-state index contributed by atoms with van der Waals surface area (Å²) in [6, 6.07) is 2.29. The van der Waals surface area contributed by atoms with Gasteiger partial charge in [-0.2, -0.15) is 5.26 Å². The Hall–Kier alpha value is -1.24. The lowest BCUT2D eigenvalue weighted by atomic mass is 9.98. The highest BCUT2D eigenvalue weighted by Crippen LogP contribution is 2.30. The minimum Gasteiger partial charge on any atom is -0.444 e. The maximum atomic E-state index is 11.4. The number of nitriles is 1. The fourth-order valence-electron chi connectivity index (χ4n) is 1.98. The van der Waals surface area contributed by atoms with E-state index in [0.29, 0.717) is 6.54 Å². The highest BCUT2D eigenvalue weighted by atomic mass is 16.6. The molecule has 0 aromatic rings. The maximum absolute atomic E-state index is 11.4. The van der Waals surface area contributed by atoms with Gasteiger partial charge in [-0.05, 0) is 39.5 Å². The lowest BCUT2D eigenvalue weighted by molar-refractivity contribution is 0.0517. The fraction of sp³-hybridized carbons (Fsp3) is 0.833. The Morgan fingerprint density at radius 1 is 1.50 bits per heavy atom. The highest BCUT2D eigenvalue weighted by molar-refractivity contribution is 5.67. The van der Waals surface area contributed by atoms with E-state index in [-0.39, 0.29) is 11.8 Å². The maximum Gasteiger partial charge on any atom is 0.407 e. The first-order chi connectivity index (χ1) is 7.42. The lowest BCUT2D eigenvalue weighted by Gasteiger charge is -2.21. The van der Waals surface area contributed by atoms with Crippen molar-refractivity contribution in [2.75, 3.05) is 6.54 Å². The number of alkyl carbamates (subject to hydrolysis) is 1. The van der Waals surface area contributed by atoms with Crippen LogP contribution in [0.1, 0.15) is 40.0 Å². The summed E-state index contributed by atoms with van der Waals surface area (Å²) in [6.07, 6.45) is 2.67. The summed E-state index contributed by atoms with van der Waals surface area (Å²) < 4.78 is 5.13. The topological polar surface area (TPSA) is 62.1 Å². The third-order valence-corrected chi connectivity index (χ3v) is 2.73. The molecule has 0 spiro atoms. The Kier molecular flexibility index (Phi) is 4.17. The van der Waals surface area contributed by atoms with Gasteiger partial charge < -0.3 is 10.1 Å². The number of amides is 1. The Bertz CT molecular complexity index is 288. The Morgan fingerprint density at radius 3 is 2.75 bits per heavy atom. The summed E-state index contributed by atoms with van der Waals surface area (Å²) in [5.74, 6) is 0.382. The SMILES string of the molecule is CC(C)(C)OC(=O)NC[C@@H]1CCC[C@@H]1C#N. The van der Waals surface area contributed by atoms with E-state index in [1.807, 2.05) is 20.8 Å². The Balaban J connectivity index is 2.30. The van der Waals surface area contributed by atoms with Gasteiger partial charge >= 0.3 is 6.09 Å². The molecule has 1 fully saturated rings. The van der Waals surface area contributed by atoms with E-state index in [1.54, 1.807) is 0 Å². The Morgan fingerprint density at radius 2 is 2.19 bits per heavy atom. The van der Waals surface area contributed by atoms with Crippen molar-refractivity contribution in [3.05, 3.63) is 0 Å². The summed E-state index contributed by atoms with van der Waals surface area (Å²) in [7, 11) is 0. The number of carbonyl (C=O) groups excluding carboxylic acids is 1. The van der Waals surface area contributed by atoms with E-state index >= 15 is 0 Å². The Labute approximate surface area is 97.0 Å². The van der Waals surface area contributed by atoms with Crippen LogP contribution >= 0.6 is 0 Å². The molecule has 4 heteroatoms. The van der Waals surface area contributed by atoms with Gasteiger partial charge in [0.1, 0.15) is 5.60 Å². The molecule has 0 bridgehead atoms. The fourth-order valence-corrected chi connectivity index (χ4v) is 1.98. The van der Waals surface area contributed by atoms with Crippen molar-refractivity contribution in [1.82, 2.24) is 5.32 Å². The standard InChI is InChI=1S/C12H20N2O2/c1-12(2,3)16-11(15)14-8-10-6-4-5-9(10)7-13/h9-10H,4-6,8H2,1-3H3,(H,14,15)/t9-,10+/m1/s1. The van der Waals surface area contributed by atoms with Crippen molar-refractivity contribution in [1.29, 1.82) is 5.26 Å². The minimum atomic E-state index is -0.464. The van der Waals surface area contributed by atoms with Crippen molar-refractivity contribution < 1.29 is 9.53 Å². The highest BCUT2D eigenvalue weighted by Gasteiger charge is 2.27. The summed E-state index contributed by atoms with van der Waals surface area (Å²) in [5.41, 5.74) is -0.464. The van der Waals surface area contributed by atoms with Gasteiger partial charge in [0.05, 0.1) is 12.0 Å². The molecule has 0 heterocycles. The van der Waals surface area contributed by atoms with Crippen LogP contribution in [0, 0.1) is 23.2 Å². The van der Waals surface area contributed by atoms with Gasteiger partial charge in [-0.3, -0.25) is 0 Å². The average molecular weight is 224 g/mol. The number of ether oxygens (including phenoxy) is 1. The lowest BCUT2D eigenvalue weighted by Crippen LogP contribution is -2.35. The molecule has 1 aliphatic rings. The van der Waals surface area contributed by atoms with Gasteiger partial charge in [-0.1, -0.05) is 6.42 Å². The molecule has 90 valence electrons. The second-order valence-corrected chi connectivity index (χ2v) is 5.31. The van der Waals surface area contributed by atoms with Crippen molar-refractivity contribution in [3.63, 3.8) is 0 Å². The second kappa shape index (κ2) is 5.20. The van der Waals surface area contributed by atoms with Gasteiger partial charge in [-0.15, -0.1) is 0 Å². The van der Waals surface area contributed by atoms with Gasteiger partial charge in [0.25, 0.3) is 0 Å². The van der Waals surface area contributed by atoms with Gasteiger partial charge in [-0.25, -0.2) is 4.79 Å². The number of nitrogens with one attached hydrogen (secondary N) is 1. The van der Waals surface area contributed by atoms with E-state index < -0.39 is 11.7 Å². The molecule has 0 unspecified atom stereocenters. The minimum absolute atomic E-state index is 0.0925. The normalized spacial score (nSPS) is 24.9. The molecule has 1 saturated carbocycles. The average Bonchev–Trinajstić information content (AvgIpc) is 2.59. The number of rotatable bonds is 2. The summed E-state index contributed by atoms with van der Waals surface area (Å²) in [6.45, 7) is 6.05. The zero-order chi connectivity index (χ0) is 12.2.